The summed E-state index contributed by atoms with van der Waals surface area (Å²) in [5.41, 5.74) is 0. The van der Waals surface area contributed by atoms with E-state index in [0.717, 1.165) is 0 Å². The number of nitrogens with one attached hydrogen (secondary N) is 1. The summed E-state index contributed by atoms with van der Waals surface area (Å²) in [5, 5.41) is 9.02. The summed E-state index contributed by atoms with van der Waals surface area (Å²) >= 11 is 0. The van der Waals surface area contributed by atoms with E-state index in [-0.39, 0.29) is 30.3 Å². The molecular weight excluding hydrogens is 320 g/mol. The minimum absolute atomic E-state index is 0.00962. The molecule has 0 aromatic heterocycles. The molecule has 1 aliphatic heterocycles. The van der Waals surface area contributed by atoms with Crippen LogP contribution in [-0.2, 0) is 19.6 Å². The largest absolute Gasteiger partial charge is 0.481 e. The third-order valence-corrected chi connectivity index (χ3v) is 5.28. The summed E-state index contributed by atoms with van der Waals surface area (Å²) in [7, 11) is -3.63. The molecule has 0 saturated carbocycles. The fourth-order valence-electron chi connectivity index (χ4n) is 2.54. The van der Waals surface area contributed by atoms with Crippen molar-refractivity contribution in [3.8, 4) is 0 Å². The van der Waals surface area contributed by atoms with Gasteiger partial charge < -0.3 is 10.0 Å². The van der Waals surface area contributed by atoms with Gasteiger partial charge in [0.1, 0.15) is 0 Å². The summed E-state index contributed by atoms with van der Waals surface area (Å²) in [4.78, 5) is 24.7. The van der Waals surface area contributed by atoms with E-state index < -0.39 is 21.9 Å². The average Bonchev–Trinajstić information content (AvgIpc) is 2.55. The molecular formula is C15H20N2O5S. The van der Waals surface area contributed by atoms with Gasteiger partial charge in [0.15, 0.2) is 0 Å². The van der Waals surface area contributed by atoms with Gasteiger partial charge in [-0.05, 0) is 25.0 Å². The molecule has 0 spiro atoms. The molecule has 126 valence electrons. The molecule has 1 aromatic rings. The van der Waals surface area contributed by atoms with Crippen LogP contribution in [0.5, 0.6) is 0 Å². The second-order valence-corrected chi connectivity index (χ2v) is 7.24. The van der Waals surface area contributed by atoms with E-state index in [4.69, 9.17) is 5.11 Å². The molecule has 1 atom stereocenters. The van der Waals surface area contributed by atoms with Crippen molar-refractivity contribution in [2.24, 2.45) is 5.92 Å². The van der Waals surface area contributed by atoms with Crippen molar-refractivity contribution in [3.05, 3.63) is 30.3 Å². The van der Waals surface area contributed by atoms with Gasteiger partial charge in [-0.25, -0.2) is 13.1 Å². The number of piperidine rings is 1. The lowest BCUT2D eigenvalue weighted by molar-refractivity contribution is -0.145. The Kier molecular flexibility index (Phi) is 5.73. The Bertz CT molecular complexity index is 660. The number of carbonyl (C=O) groups is 2. The van der Waals surface area contributed by atoms with E-state index in [1.165, 1.54) is 17.0 Å². The highest BCUT2D eigenvalue weighted by Crippen LogP contribution is 2.17. The number of aliphatic carboxylic acids is 1. The molecule has 2 N–H and O–H groups in total. The average molecular weight is 340 g/mol. The Morgan fingerprint density at radius 1 is 1.26 bits per heavy atom. The number of hydrogen-bond acceptors (Lipinski definition) is 4. The molecule has 1 saturated heterocycles. The first-order valence-electron chi connectivity index (χ1n) is 7.45. The van der Waals surface area contributed by atoms with Crippen molar-refractivity contribution in [3.63, 3.8) is 0 Å². The molecule has 2 rings (SSSR count). The Morgan fingerprint density at radius 3 is 2.61 bits per heavy atom. The predicted octanol–water partition coefficient (Wildman–Crippen LogP) is 0.678. The molecule has 7 nitrogen and oxygen atoms in total. The van der Waals surface area contributed by atoms with Gasteiger partial charge in [0.05, 0.1) is 10.8 Å². The van der Waals surface area contributed by atoms with Crippen molar-refractivity contribution in [1.29, 1.82) is 0 Å². The molecule has 0 radical (unpaired) electrons. The molecule has 23 heavy (non-hydrogen) atoms. The number of likely N-dealkylation sites (tertiary alicyclic amines) is 1. The first kappa shape index (κ1) is 17.4. The van der Waals surface area contributed by atoms with Crippen LogP contribution in [0.4, 0.5) is 0 Å². The van der Waals surface area contributed by atoms with Crippen molar-refractivity contribution in [1.82, 2.24) is 9.62 Å². The minimum atomic E-state index is -3.63. The fraction of sp³-hybridized carbons (Fsp3) is 0.467. The molecule has 1 aliphatic rings. The van der Waals surface area contributed by atoms with Gasteiger partial charge in [-0.3, -0.25) is 9.59 Å². The molecule has 0 bridgehead atoms. The van der Waals surface area contributed by atoms with Crippen LogP contribution in [0.15, 0.2) is 35.2 Å². The fourth-order valence-corrected chi connectivity index (χ4v) is 3.59. The number of carboxylic acids is 1. The van der Waals surface area contributed by atoms with Crippen LogP contribution in [0.25, 0.3) is 0 Å². The van der Waals surface area contributed by atoms with E-state index in [0.29, 0.717) is 19.4 Å². The number of sulfonamides is 1. The number of nitrogens with zero attached hydrogens (tertiary/aromatic N) is 1. The number of hydrogen-bond donors (Lipinski definition) is 2. The van der Waals surface area contributed by atoms with Crippen LogP contribution in [0.3, 0.4) is 0 Å². The lowest BCUT2D eigenvalue weighted by Crippen LogP contribution is -2.43. The summed E-state index contributed by atoms with van der Waals surface area (Å²) < 4.78 is 26.4. The van der Waals surface area contributed by atoms with Crippen LogP contribution in [-0.4, -0.2) is 49.9 Å². The number of amides is 1. The van der Waals surface area contributed by atoms with E-state index >= 15 is 0 Å². The van der Waals surface area contributed by atoms with E-state index in [2.05, 4.69) is 4.72 Å². The van der Waals surface area contributed by atoms with Crippen LogP contribution >= 0.6 is 0 Å². The third kappa shape index (κ3) is 4.77. The number of carbonyl (C=O) groups excluding carboxylic acids is 1. The monoisotopic (exact) mass is 340 g/mol. The molecule has 0 unspecified atom stereocenters. The van der Waals surface area contributed by atoms with E-state index in [9.17, 15) is 18.0 Å². The third-order valence-electron chi connectivity index (χ3n) is 3.81. The lowest BCUT2D eigenvalue weighted by Gasteiger charge is -2.30. The molecule has 8 heteroatoms. The highest BCUT2D eigenvalue weighted by molar-refractivity contribution is 7.89. The summed E-state index contributed by atoms with van der Waals surface area (Å²) in [5.74, 6) is -1.66. The van der Waals surface area contributed by atoms with Crippen LogP contribution < -0.4 is 4.72 Å². The van der Waals surface area contributed by atoms with E-state index in [1.807, 2.05) is 0 Å². The first-order valence-corrected chi connectivity index (χ1v) is 8.94. The highest BCUT2D eigenvalue weighted by atomic mass is 32.2. The topological polar surface area (TPSA) is 104 Å². The number of carboxylic acid groups (broad SMARTS) is 1. The molecule has 1 fully saturated rings. The number of benzene rings is 1. The maximum atomic E-state index is 12.1. The maximum absolute atomic E-state index is 12.1. The minimum Gasteiger partial charge on any atom is -0.481 e. The standard InChI is InChI=1S/C15H20N2O5S/c18-14(17-10-4-5-12(11-17)15(19)20)8-9-16-23(21,22)13-6-2-1-3-7-13/h1-3,6-7,12,16H,4-5,8-11H2,(H,19,20)/t12-/m0/s1. The van der Waals surface area contributed by atoms with Gasteiger partial charge >= 0.3 is 5.97 Å². The molecule has 1 aromatic carbocycles. The Morgan fingerprint density at radius 2 is 1.96 bits per heavy atom. The predicted molar refractivity (Wildman–Crippen MR) is 83.2 cm³/mol. The van der Waals surface area contributed by atoms with Crippen LogP contribution in [0.2, 0.25) is 0 Å². The van der Waals surface area contributed by atoms with Gasteiger partial charge in [-0.15, -0.1) is 0 Å². The molecule has 1 amide bonds. The molecule has 0 aliphatic carbocycles. The molecule has 1 heterocycles. The van der Waals surface area contributed by atoms with Crippen molar-refractivity contribution >= 4 is 21.9 Å². The van der Waals surface area contributed by atoms with Crippen molar-refractivity contribution in [2.75, 3.05) is 19.6 Å². The zero-order valence-electron chi connectivity index (χ0n) is 12.6. The maximum Gasteiger partial charge on any atom is 0.308 e. The van der Waals surface area contributed by atoms with Gasteiger partial charge in [-0.2, -0.15) is 0 Å². The number of rotatable bonds is 6. The summed E-state index contributed by atoms with van der Waals surface area (Å²) in [6, 6.07) is 7.93. The van der Waals surface area contributed by atoms with Crippen molar-refractivity contribution < 1.29 is 23.1 Å². The summed E-state index contributed by atoms with van der Waals surface area (Å²) in [6.07, 6.45) is 1.23. The zero-order chi connectivity index (χ0) is 16.9. The SMILES string of the molecule is O=C(O)[C@H]1CCCN(C(=O)CCNS(=O)(=O)c2ccccc2)C1. The first-order chi connectivity index (χ1) is 10.9. The van der Waals surface area contributed by atoms with Gasteiger partial charge in [0, 0.05) is 26.1 Å². The second kappa shape index (κ2) is 7.56. The quantitative estimate of drug-likeness (QED) is 0.792. The highest BCUT2D eigenvalue weighted by Gasteiger charge is 2.28. The zero-order valence-corrected chi connectivity index (χ0v) is 13.5. The van der Waals surface area contributed by atoms with Crippen LogP contribution in [0, 0.1) is 5.92 Å². The lowest BCUT2D eigenvalue weighted by atomic mass is 9.98. The normalized spacial score (nSPS) is 18.6. The van der Waals surface area contributed by atoms with E-state index in [1.54, 1.807) is 18.2 Å². The Labute approximate surface area is 135 Å². The Balaban J connectivity index is 1.84. The van der Waals surface area contributed by atoms with Crippen molar-refractivity contribution in [2.45, 2.75) is 24.2 Å². The second-order valence-electron chi connectivity index (χ2n) is 5.48. The van der Waals surface area contributed by atoms with Gasteiger partial charge in [0.2, 0.25) is 15.9 Å². The van der Waals surface area contributed by atoms with Gasteiger partial charge in [-0.1, -0.05) is 18.2 Å². The van der Waals surface area contributed by atoms with Gasteiger partial charge in [0.25, 0.3) is 0 Å². The Hall–Kier alpha value is -1.93. The smallest absolute Gasteiger partial charge is 0.308 e. The van der Waals surface area contributed by atoms with Crippen LogP contribution in [0.1, 0.15) is 19.3 Å². The summed E-state index contributed by atoms with van der Waals surface area (Å²) in [6.45, 7) is 0.706.